The van der Waals surface area contributed by atoms with Crippen molar-refractivity contribution in [3.63, 3.8) is 0 Å². The summed E-state index contributed by atoms with van der Waals surface area (Å²) in [6.07, 6.45) is 5.28. The van der Waals surface area contributed by atoms with E-state index < -0.39 is 4.41 Å². The summed E-state index contributed by atoms with van der Waals surface area (Å²) in [4.78, 5) is 0. The number of benzene rings is 3. The highest BCUT2D eigenvalue weighted by molar-refractivity contribution is 9.10. The fourth-order valence-electron chi connectivity index (χ4n) is 3.83. The summed E-state index contributed by atoms with van der Waals surface area (Å²) >= 11 is 3.65. The van der Waals surface area contributed by atoms with Gasteiger partial charge < -0.3 is 4.74 Å². The molecule has 0 aromatic heterocycles. The van der Waals surface area contributed by atoms with Crippen molar-refractivity contribution in [3.05, 3.63) is 71.3 Å². The molecule has 2 aliphatic rings. The predicted octanol–water partition coefficient (Wildman–Crippen LogP) is 4.50. The van der Waals surface area contributed by atoms with Crippen LogP contribution in [0.2, 0.25) is 0 Å². The van der Waals surface area contributed by atoms with Gasteiger partial charge in [-0.1, -0.05) is 54.6 Å². The van der Waals surface area contributed by atoms with Crippen LogP contribution in [0, 0.1) is 0 Å². The number of halogens is 1. The van der Waals surface area contributed by atoms with Gasteiger partial charge in [-0.15, -0.1) is 0 Å². The first-order valence-corrected chi connectivity index (χ1v) is 8.66. The molecular formula is C20H14BBrO. The average molecular weight is 361 g/mol. The van der Waals surface area contributed by atoms with Crippen LogP contribution in [0.25, 0.3) is 28.0 Å². The smallest absolute Gasteiger partial charge is 0.178 e. The van der Waals surface area contributed by atoms with Crippen molar-refractivity contribution in [3.8, 4) is 16.9 Å². The highest BCUT2D eigenvalue weighted by Crippen LogP contribution is 2.50. The van der Waals surface area contributed by atoms with Gasteiger partial charge in [0.15, 0.2) is 7.85 Å². The molecule has 0 saturated heterocycles. The number of rotatable bonds is 0. The lowest BCUT2D eigenvalue weighted by Gasteiger charge is -2.29. The third kappa shape index (κ3) is 1.86. The summed E-state index contributed by atoms with van der Waals surface area (Å²) in [6, 6.07) is 17.3. The third-order valence-corrected chi connectivity index (χ3v) is 5.24. The van der Waals surface area contributed by atoms with Crippen molar-refractivity contribution >= 4 is 40.6 Å². The largest absolute Gasteiger partial charge is 0.481 e. The number of hydrogen-bond donors (Lipinski definition) is 0. The minimum absolute atomic E-state index is 0.442. The quantitative estimate of drug-likeness (QED) is 0.331. The van der Waals surface area contributed by atoms with Gasteiger partial charge in [-0.3, -0.25) is 0 Å². The highest BCUT2D eigenvalue weighted by atomic mass is 79.9. The Labute approximate surface area is 144 Å². The lowest BCUT2D eigenvalue weighted by Crippen LogP contribution is -2.28. The molecule has 1 heterocycles. The van der Waals surface area contributed by atoms with E-state index in [1.54, 1.807) is 0 Å². The standard InChI is InChI=1S/C20H14BBrO/c21-20(22)10-9-16-17-11-12-5-1-2-6-13(12)18(17)14-7-3-4-8-15(14)19(16)23-20/h1-10H,11,21H2. The van der Waals surface area contributed by atoms with Gasteiger partial charge in [0.25, 0.3) is 0 Å². The van der Waals surface area contributed by atoms with E-state index in [-0.39, 0.29) is 0 Å². The van der Waals surface area contributed by atoms with Crippen molar-refractivity contribution in [1.29, 1.82) is 0 Å². The maximum Gasteiger partial charge on any atom is 0.178 e. The minimum Gasteiger partial charge on any atom is -0.481 e. The Morgan fingerprint density at radius 1 is 1.00 bits per heavy atom. The number of fused-ring (bicyclic) bond motifs is 8. The molecule has 0 amide bonds. The zero-order valence-electron chi connectivity index (χ0n) is 12.8. The minimum atomic E-state index is -0.442. The van der Waals surface area contributed by atoms with Gasteiger partial charge in [0.1, 0.15) is 10.2 Å². The number of hydrogen-bond acceptors (Lipinski definition) is 1. The first-order valence-electron chi connectivity index (χ1n) is 7.87. The fraction of sp³-hybridized carbons (Fsp3) is 0.100. The molecule has 1 aliphatic carbocycles. The van der Waals surface area contributed by atoms with E-state index in [4.69, 9.17) is 4.74 Å². The Morgan fingerprint density at radius 2 is 1.74 bits per heavy atom. The lowest BCUT2D eigenvalue weighted by molar-refractivity contribution is 0.302. The van der Waals surface area contributed by atoms with Gasteiger partial charge in [0, 0.05) is 10.9 Å². The van der Waals surface area contributed by atoms with E-state index in [0.29, 0.717) is 0 Å². The molecule has 3 aromatic carbocycles. The molecule has 110 valence electrons. The Kier molecular flexibility index (Phi) is 2.64. The van der Waals surface area contributed by atoms with E-state index in [2.05, 4.69) is 76.6 Å². The zero-order valence-corrected chi connectivity index (χ0v) is 14.4. The Morgan fingerprint density at radius 3 is 2.61 bits per heavy atom. The van der Waals surface area contributed by atoms with Crippen LogP contribution >= 0.6 is 15.9 Å². The van der Waals surface area contributed by atoms with E-state index in [0.717, 1.165) is 12.2 Å². The van der Waals surface area contributed by atoms with Crippen LogP contribution in [-0.4, -0.2) is 12.3 Å². The van der Waals surface area contributed by atoms with Crippen LogP contribution < -0.4 is 4.74 Å². The maximum atomic E-state index is 6.29. The maximum absolute atomic E-state index is 6.29. The fourth-order valence-corrected chi connectivity index (χ4v) is 4.12. The molecule has 3 aromatic rings. The van der Waals surface area contributed by atoms with E-state index >= 15 is 0 Å². The topological polar surface area (TPSA) is 9.23 Å². The van der Waals surface area contributed by atoms with Crippen molar-refractivity contribution in [2.75, 3.05) is 0 Å². The molecule has 5 rings (SSSR count). The van der Waals surface area contributed by atoms with Crippen molar-refractivity contribution < 1.29 is 4.74 Å². The highest BCUT2D eigenvalue weighted by Gasteiger charge is 2.31. The molecule has 3 heteroatoms. The first-order chi connectivity index (χ1) is 11.1. The van der Waals surface area contributed by atoms with Gasteiger partial charge in [0.05, 0.1) is 0 Å². The Bertz CT molecular complexity index is 1000. The molecule has 1 atom stereocenters. The molecule has 0 fully saturated rings. The molecule has 1 nitrogen and oxygen atoms in total. The SMILES string of the molecule is BC1(Br)C=Cc2c3c(c4ccccc4c2O1)-c1ccccc1C3. The molecule has 0 radical (unpaired) electrons. The molecule has 23 heavy (non-hydrogen) atoms. The van der Waals surface area contributed by atoms with Gasteiger partial charge in [-0.25, -0.2) is 0 Å². The van der Waals surface area contributed by atoms with Gasteiger partial charge in [-0.05, 0) is 56.1 Å². The summed E-state index contributed by atoms with van der Waals surface area (Å²) < 4.78 is 5.84. The van der Waals surface area contributed by atoms with Gasteiger partial charge in [-0.2, -0.15) is 0 Å². The summed E-state index contributed by atoms with van der Waals surface area (Å²) in [5.74, 6) is 0.994. The molecule has 1 aliphatic heterocycles. The van der Waals surface area contributed by atoms with Crippen LogP contribution in [0.1, 0.15) is 16.7 Å². The molecule has 1 unspecified atom stereocenters. The number of alkyl halides is 1. The third-order valence-electron chi connectivity index (χ3n) is 4.82. The Hall–Kier alpha value is -2.00. The molecule has 0 N–H and O–H groups in total. The van der Waals surface area contributed by atoms with Crippen LogP contribution in [0.15, 0.2) is 54.6 Å². The van der Waals surface area contributed by atoms with Gasteiger partial charge >= 0.3 is 0 Å². The lowest BCUT2D eigenvalue weighted by atomic mass is 9.89. The second kappa shape index (κ2) is 4.51. The predicted molar refractivity (Wildman–Crippen MR) is 102 cm³/mol. The van der Waals surface area contributed by atoms with Crippen molar-refractivity contribution in [1.82, 2.24) is 0 Å². The Balaban J connectivity index is 1.94. The van der Waals surface area contributed by atoms with Crippen LogP contribution in [-0.2, 0) is 6.42 Å². The molecular weight excluding hydrogens is 347 g/mol. The van der Waals surface area contributed by atoms with Crippen LogP contribution in [0.3, 0.4) is 0 Å². The van der Waals surface area contributed by atoms with Crippen LogP contribution in [0.5, 0.6) is 5.75 Å². The van der Waals surface area contributed by atoms with E-state index in [1.165, 1.54) is 38.6 Å². The van der Waals surface area contributed by atoms with Crippen LogP contribution in [0.4, 0.5) is 0 Å². The summed E-state index contributed by atoms with van der Waals surface area (Å²) in [5.41, 5.74) is 6.76. The molecule has 0 saturated carbocycles. The summed E-state index contributed by atoms with van der Waals surface area (Å²) in [5, 5.41) is 2.47. The molecule has 0 spiro atoms. The normalized spacial score (nSPS) is 20.7. The molecule has 0 bridgehead atoms. The second-order valence-corrected chi connectivity index (χ2v) is 7.97. The zero-order chi connectivity index (χ0) is 15.6. The van der Waals surface area contributed by atoms with E-state index in [9.17, 15) is 0 Å². The number of ether oxygens (including phenoxy) is 1. The summed E-state index contributed by atoms with van der Waals surface area (Å²) in [6.45, 7) is 0. The van der Waals surface area contributed by atoms with Gasteiger partial charge in [0.2, 0.25) is 0 Å². The summed E-state index contributed by atoms with van der Waals surface area (Å²) in [7, 11) is 2.03. The average Bonchev–Trinajstić information content (AvgIpc) is 2.94. The monoisotopic (exact) mass is 360 g/mol. The first kappa shape index (κ1) is 13.4. The second-order valence-electron chi connectivity index (χ2n) is 6.40. The van der Waals surface area contributed by atoms with E-state index in [1.807, 2.05) is 7.85 Å². The van der Waals surface area contributed by atoms with Crippen molar-refractivity contribution in [2.24, 2.45) is 0 Å². The van der Waals surface area contributed by atoms with Crippen molar-refractivity contribution in [2.45, 2.75) is 10.8 Å².